The van der Waals surface area contributed by atoms with E-state index in [1.807, 2.05) is 17.5 Å². The van der Waals surface area contributed by atoms with Crippen LogP contribution in [0.1, 0.15) is 26.8 Å². The molecule has 0 spiro atoms. The van der Waals surface area contributed by atoms with Crippen LogP contribution in [0, 0.1) is 17.5 Å². The lowest BCUT2D eigenvalue weighted by molar-refractivity contribution is 0.0942. The Labute approximate surface area is 140 Å². The minimum atomic E-state index is -0.824. The smallest absolute Gasteiger partial charge is 0.252 e. The molecular weight excluding hydrogens is 335 g/mol. The number of carbonyl (C=O) groups excluding carboxylic acids is 1. The van der Waals surface area contributed by atoms with Gasteiger partial charge >= 0.3 is 0 Å². The number of amides is 1. The van der Waals surface area contributed by atoms with Gasteiger partial charge in [-0.25, -0.2) is 13.2 Å². The number of rotatable bonds is 4. The minimum Gasteiger partial charge on any atom is -0.340 e. The Morgan fingerprint density at radius 3 is 2.17 bits per heavy atom. The van der Waals surface area contributed by atoms with Gasteiger partial charge in [0.25, 0.3) is 5.91 Å². The van der Waals surface area contributed by atoms with Gasteiger partial charge in [-0.05, 0) is 41.3 Å². The van der Waals surface area contributed by atoms with Crippen LogP contribution in [0.4, 0.5) is 13.2 Å². The molecule has 6 heteroatoms. The first-order valence-electron chi connectivity index (χ1n) is 7.09. The molecule has 0 fully saturated rings. The highest BCUT2D eigenvalue weighted by Crippen LogP contribution is 2.26. The monoisotopic (exact) mass is 347 g/mol. The largest absolute Gasteiger partial charge is 0.340 e. The average Bonchev–Trinajstić information content (AvgIpc) is 3.06. The van der Waals surface area contributed by atoms with Crippen molar-refractivity contribution in [3.63, 3.8) is 0 Å². The second kappa shape index (κ2) is 6.88. The number of hydrogen-bond acceptors (Lipinski definition) is 2. The van der Waals surface area contributed by atoms with E-state index in [-0.39, 0.29) is 11.4 Å². The Morgan fingerprint density at radius 1 is 0.917 bits per heavy atom. The van der Waals surface area contributed by atoms with Crippen LogP contribution in [-0.2, 0) is 0 Å². The molecule has 1 amide bonds. The fraction of sp³-hybridized carbons (Fsp3) is 0.0556. The number of nitrogens with one attached hydrogen (secondary N) is 1. The zero-order chi connectivity index (χ0) is 17.1. The quantitative estimate of drug-likeness (QED) is 0.729. The summed E-state index contributed by atoms with van der Waals surface area (Å²) < 4.78 is 39.8. The zero-order valence-corrected chi connectivity index (χ0v) is 13.1. The third-order valence-electron chi connectivity index (χ3n) is 3.43. The first kappa shape index (κ1) is 16.3. The number of thiophene rings is 1. The summed E-state index contributed by atoms with van der Waals surface area (Å²) in [7, 11) is 0. The van der Waals surface area contributed by atoms with Crippen molar-refractivity contribution >= 4 is 17.2 Å². The summed E-state index contributed by atoms with van der Waals surface area (Å²) in [4.78, 5) is 13.2. The highest BCUT2D eigenvalue weighted by Gasteiger charge is 2.19. The van der Waals surface area contributed by atoms with E-state index in [4.69, 9.17) is 0 Å². The molecule has 1 atom stereocenters. The molecule has 1 N–H and O–H groups in total. The summed E-state index contributed by atoms with van der Waals surface area (Å²) in [6.45, 7) is 0. The topological polar surface area (TPSA) is 29.1 Å². The molecule has 122 valence electrons. The van der Waals surface area contributed by atoms with E-state index in [9.17, 15) is 18.0 Å². The summed E-state index contributed by atoms with van der Waals surface area (Å²) in [5.41, 5.74) is 0.556. The van der Waals surface area contributed by atoms with Crippen molar-refractivity contribution in [1.29, 1.82) is 0 Å². The van der Waals surface area contributed by atoms with Crippen molar-refractivity contribution in [3.05, 3.63) is 93.4 Å². The van der Waals surface area contributed by atoms with E-state index < -0.39 is 23.6 Å². The van der Waals surface area contributed by atoms with Gasteiger partial charge in [-0.3, -0.25) is 4.79 Å². The molecule has 0 saturated heterocycles. The van der Waals surface area contributed by atoms with E-state index in [0.717, 1.165) is 17.0 Å². The molecule has 2 aromatic carbocycles. The Bertz CT molecular complexity index is 827. The van der Waals surface area contributed by atoms with Gasteiger partial charge in [-0.1, -0.05) is 18.2 Å². The van der Waals surface area contributed by atoms with Crippen molar-refractivity contribution in [2.45, 2.75) is 6.04 Å². The van der Waals surface area contributed by atoms with Crippen molar-refractivity contribution in [2.75, 3.05) is 0 Å². The van der Waals surface area contributed by atoms with Crippen LogP contribution >= 0.6 is 11.3 Å². The lowest BCUT2D eigenvalue weighted by Gasteiger charge is -2.18. The number of halogens is 3. The SMILES string of the molecule is O=C(NC(c1ccc(F)cc1)c1cccs1)c1cc(F)cc(F)c1. The van der Waals surface area contributed by atoms with E-state index in [1.165, 1.54) is 23.5 Å². The molecule has 2 nitrogen and oxygen atoms in total. The second-order valence-electron chi connectivity index (χ2n) is 5.13. The molecule has 24 heavy (non-hydrogen) atoms. The van der Waals surface area contributed by atoms with Crippen LogP contribution in [0.3, 0.4) is 0 Å². The normalized spacial score (nSPS) is 12.0. The number of benzene rings is 2. The average molecular weight is 347 g/mol. The third kappa shape index (κ3) is 3.65. The highest BCUT2D eigenvalue weighted by atomic mass is 32.1. The summed E-state index contributed by atoms with van der Waals surface area (Å²) in [5, 5.41) is 4.59. The molecule has 0 saturated carbocycles. The van der Waals surface area contributed by atoms with E-state index in [2.05, 4.69) is 5.32 Å². The van der Waals surface area contributed by atoms with Crippen LogP contribution in [0.15, 0.2) is 60.0 Å². The van der Waals surface area contributed by atoms with Crippen LogP contribution in [0.5, 0.6) is 0 Å². The predicted octanol–water partition coefficient (Wildman–Crippen LogP) is 4.68. The van der Waals surface area contributed by atoms with Gasteiger partial charge in [-0.15, -0.1) is 11.3 Å². The summed E-state index contributed by atoms with van der Waals surface area (Å²) in [6.07, 6.45) is 0. The summed E-state index contributed by atoms with van der Waals surface area (Å²) in [5.74, 6) is -2.65. The molecule has 0 aliphatic rings. The molecule has 1 heterocycles. The minimum absolute atomic E-state index is 0.115. The molecule has 1 aromatic heterocycles. The highest BCUT2D eigenvalue weighted by molar-refractivity contribution is 7.10. The third-order valence-corrected chi connectivity index (χ3v) is 4.37. The van der Waals surface area contributed by atoms with Crippen LogP contribution in [0.2, 0.25) is 0 Å². The van der Waals surface area contributed by atoms with Crippen molar-refractivity contribution in [3.8, 4) is 0 Å². The van der Waals surface area contributed by atoms with Gasteiger partial charge in [0.05, 0.1) is 6.04 Å². The Balaban J connectivity index is 1.92. The fourth-order valence-electron chi connectivity index (χ4n) is 2.33. The second-order valence-corrected chi connectivity index (χ2v) is 6.11. The van der Waals surface area contributed by atoms with E-state index in [0.29, 0.717) is 11.6 Å². The predicted molar refractivity (Wildman–Crippen MR) is 86.4 cm³/mol. The van der Waals surface area contributed by atoms with Gasteiger partial charge in [0, 0.05) is 16.5 Å². The Morgan fingerprint density at radius 2 is 1.58 bits per heavy atom. The molecule has 0 radical (unpaired) electrons. The Kier molecular flexibility index (Phi) is 4.66. The molecule has 3 aromatic rings. The van der Waals surface area contributed by atoms with Crippen LogP contribution in [-0.4, -0.2) is 5.91 Å². The molecule has 3 rings (SSSR count). The molecule has 1 unspecified atom stereocenters. The summed E-state index contributed by atoms with van der Waals surface area (Å²) >= 11 is 1.42. The molecule has 0 bridgehead atoms. The van der Waals surface area contributed by atoms with Crippen LogP contribution in [0.25, 0.3) is 0 Å². The van der Waals surface area contributed by atoms with Gasteiger partial charge < -0.3 is 5.32 Å². The number of carbonyl (C=O) groups is 1. The lowest BCUT2D eigenvalue weighted by atomic mass is 10.0. The van der Waals surface area contributed by atoms with Crippen molar-refractivity contribution < 1.29 is 18.0 Å². The van der Waals surface area contributed by atoms with E-state index in [1.54, 1.807) is 12.1 Å². The van der Waals surface area contributed by atoms with Crippen molar-refractivity contribution in [2.24, 2.45) is 0 Å². The maximum atomic E-state index is 13.3. The van der Waals surface area contributed by atoms with Crippen LogP contribution < -0.4 is 5.32 Å². The van der Waals surface area contributed by atoms with Gasteiger partial charge in [0.15, 0.2) is 0 Å². The summed E-state index contributed by atoms with van der Waals surface area (Å²) in [6, 6.07) is 11.5. The molecule has 0 aliphatic heterocycles. The fourth-order valence-corrected chi connectivity index (χ4v) is 3.13. The van der Waals surface area contributed by atoms with Gasteiger partial charge in [-0.2, -0.15) is 0 Å². The van der Waals surface area contributed by atoms with Gasteiger partial charge in [0.1, 0.15) is 17.5 Å². The number of hydrogen-bond donors (Lipinski definition) is 1. The lowest BCUT2D eigenvalue weighted by Crippen LogP contribution is -2.29. The molecular formula is C18H12F3NOS. The Hall–Kier alpha value is -2.60. The standard InChI is InChI=1S/C18H12F3NOS/c19-13-5-3-11(4-6-13)17(16-2-1-7-24-16)22-18(23)12-8-14(20)10-15(21)9-12/h1-10,17H,(H,22,23). The maximum Gasteiger partial charge on any atom is 0.252 e. The van der Waals surface area contributed by atoms with E-state index >= 15 is 0 Å². The molecule has 0 aliphatic carbocycles. The zero-order valence-electron chi connectivity index (χ0n) is 12.3. The van der Waals surface area contributed by atoms with Crippen molar-refractivity contribution in [1.82, 2.24) is 5.32 Å². The first-order valence-corrected chi connectivity index (χ1v) is 7.97. The first-order chi connectivity index (χ1) is 11.5. The maximum absolute atomic E-state index is 13.3. The van der Waals surface area contributed by atoms with Gasteiger partial charge in [0.2, 0.25) is 0 Å².